The van der Waals surface area contributed by atoms with E-state index >= 15 is 0 Å². The summed E-state index contributed by atoms with van der Waals surface area (Å²) >= 11 is 0. The Balaban J connectivity index is 2.03. The van der Waals surface area contributed by atoms with Crippen LogP contribution in [0.4, 0.5) is 5.82 Å². The monoisotopic (exact) mass is 412 g/mol. The fraction of sp³-hybridized carbons (Fsp3) is 0.789. The molecule has 28 heavy (non-hydrogen) atoms. The Labute approximate surface area is 169 Å². The molecule has 3 heterocycles. The van der Waals surface area contributed by atoms with E-state index < -0.39 is 44.0 Å². The Morgan fingerprint density at radius 2 is 2.00 bits per heavy atom. The summed E-state index contributed by atoms with van der Waals surface area (Å²) in [5, 5.41) is 23.4. The summed E-state index contributed by atoms with van der Waals surface area (Å²) < 4.78 is 26.8. The van der Waals surface area contributed by atoms with Crippen molar-refractivity contribution in [3.8, 4) is 0 Å². The zero-order chi connectivity index (χ0) is 21.9. The normalized spacial score (nSPS) is 34.9. The number of fused-ring (bicyclic) bond motifs is 1. The number of aliphatic hydroxyl groups excluding tert-OH is 1. The third-order valence-electron chi connectivity index (χ3n) is 6.37. The average molecular weight is 413 g/mol. The highest BCUT2D eigenvalue weighted by molar-refractivity contribution is 6.81. The Kier molecular flexibility index (Phi) is 4.74. The molecule has 9 heteroatoms. The number of anilines is 1. The van der Waals surface area contributed by atoms with Crippen molar-refractivity contribution in [2.24, 2.45) is 0 Å². The summed E-state index contributed by atoms with van der Waals surface area (Å²) in [6, 6.07) is 0. The lowest BCUT2D eigenvalue weighted by molar-refractivity contribution is -0.591. The highest BCUT2D eigenvalue weighted by Gasteiger charge is 2.61. The fourth-order valence-corrected chi connectivity index (χ4v) is 5.69. The van der Waals surface area contributed by atoms with E-state index in [0.717, 1.165) is 0 Å². The van der Waals surface area contributed by atoms with Gasteiger partial charge in [-0.1, -0.05) is 33.9 Å². The molecule has 0 bridgehead atoms. The number of hydrogen-bond donors (Lipinski definition) is 2. The first-order valence-corrected chi connectivity index (χ1v) is 12.6. The molecule has 1 aromatic rings. The van der Waals surface area contributed by atoms with Gasteiger partial charge in [-0.3, -0.25) is 5.73 Å². The van der Waals surface area contributed by atoms with E-state index in [4.69, 9.17) is 21.3 Å². The smallest absolute Gasteiger partial charge is 0.300 e. The molecule has 1 aromatic heterocycles. The van der Waals surface area contributed by atoms with E-state index in [1.165, 1.54) is 6.20 Å². The number of nitrogen functional groups attached to an aromatic ring is 1. The molecule has 2 aliphatic rings. The van der Waals surface area contributed by atoms with Gasteiger partial charge in [-0.15, -0.1) is 0 Å². The minimum Gasteiger partial charge on any atom is -0.711 e. The maximum Gasteiger partial charge on any atom is 0.300 e. The maximum atomic E-state index is 12.2. The van der Waals surface area contributed by atoms with Crippen LogP contribution in [0, 0.1) is 12.1 Å². The largest absolute Gasteiger partial charge is 0.711 e. The van der Waals surface area contributed by atoms with Crippen LogP contribution in [-0.2, 0) is 14.2 Å². The predicted molar refractivity (Wildman–Crippen MR) is 107 cm³/mol. The number of aliphatic hydroxyl groups is 1. The summed E-state index contributed by atoms with van der Waals surface area (Å²) in [5.41, 5.74) is 6.04. The highest BCUT2D eigenvalue weighted by Crippen LogP contribution is 2.49. The molecule has 0 aromatic carbocycles. The van der Waals surface area contributed by atoms with Crippen molar-refractivity contribution in [2.75, 3.05) is 5.73 Å². The molecule has 0 saturated carbocycles. The number of aryl methyl sites for hydroxylation is 1. The van der Waals surface area contributed by atoms with Gasteiger partial charge in [0.2, 0.25) is 0 Å². The molecule has 8 nitrogen and oxygen atoms in total. The second-order valence-electron chi connectivity index (χ2n) is 9.72. The summed E-state index contributed by atoms with van der Waals surface area (Å²) in [6.07, 6.45) is -1.33. The van der Waals surface area contributed by atoms with Crippen LogP contribution in [0.1, 0.15) is 53.5 Å². The van der Waals surface area contributed by atoms with E-state index in [1.54, 1.807) is 13.8 Å². The standard InChI is InChI=1S/C19H33N3O5Si/c1-10-9-22(24)16(20)11(21-10)12-13-14(27-19(5,6)26-13)15(25-12)17(23)28(7,8)18(2,3)4/h9,12-15,17,23H,20H2,1-8H3/t12?,13-,14-,15-,17?/m0/s1/i5D/t12?,13-,14-,15-,17?,19?. The first kappa shape index (κ1) is 20.0. The highest BCUT2D eigenvalue weighted by atomic mass is 28.3. The number of rotatable bonds is 3. The van der Waals surface area contributed by atoms with Crippen LogP contribution >= 0.6 is 0 Å². The first-order valence-electron chi connectivity index (χ1n) is 10.3. The maximum absolute atomic E-state index is 12.2. The van der Waals surface area contributed by atoms with Gasteiger partial charge in [0.25, 0.3) is 5.82 Å². The summed E-state index contributed by atoms with van der Waals surface area (Å²) in [7, 11) is -2.23. The van der Waals surface area contributed by atoms with Gasteiger partial charge in [0, 0.05) is 1.37 Å². The second kappa shape index (κ2) is 6.63. The zero-order valence-corrected chi connectivity index (χ0v) is 18.7. The van der Waals surface area contributed by atoms with E-state index in [1.807, 2.05) is 0 Å². The van der Waals surface area contributed by atoms with E-state index in [2.05, 4.69) is 38.8 Å². The van der Waals surface area contributed by atoms with Crippen molar-refractivity contribution in [1.82, 2.24) is 4.98 Å². The lowest BCUT2D eigenvalue weighted by Crippen LogP contribution is -2.57. The Morgan fingerprint density at radius 1 is 1.39 bits per heavy atom. The first-order chi connectivity index (χ1) is 13.2. The van der Waals surface area contributed by atoms with Crippen molar-refractivity contribution in [3.05, 3.63) is 22.8 Å². The number of ether oxygens (including phenoxy) is 3. The Hall–Kier alpha value is -1.26. The van der Waals surface area contributed by atoms with Crippen molar-refractivity contribution in [1.29, 1.82) is 0 Å². The fourth-order valence-electron chi connectivity index (χ4n) is 3.72. The van der Waals surface area contributed by atoms with Crippen LogP contribution in [0.5, 0.6) is 0 Å². The molecule has 3 rings (SSSR count). The molecular weight excluding hydrogens is 378 g/mol. The third-order valence-corrected chi connectivity index (χ3v) is 12.0. The van der Waals surface area contributed by atoms with E-state index in [-0.39, 0.29) is 23.4 Å². The molecule has 2 saturated heterocycles. The van der Waals surface area contributed by atoms with Crippen molar-refractivity contribution < 1.29 is 25.4 Å². The van der Waals surface area contributed by atoms with Crippen LogP contribution in [0.25, 0.3) is 0 Å². The molecule has 2 fully saturated rings. The summed E-state index contributed by atoms with van der Waals surface area (Å²) in [6.45, 7) is 13.9. The molecule has 0 radical (unpaired) electrons. The van der Waals surface area contributed by atoms with Gasteiger partial charge in [0.05, 0.1) is 19.5 Å². The summed E-state index contributed by atoms with van der Waals surface area (Å²) in [5.74, 6) is -1.18. The van der Waals surface area contributed by atoms with Gasteiger partial charge in [-0.05, 0) is 25.8 Å². The van der Waals surface area contributed by atoms with Crippen LogP contribution in [0.15, 0.2) is 6.20 Å². The van der Waals surface area contributed by atoms with Gasteiger partial charge in [-0.2, -0.15) is 0 Å². The molecule has 3 unspecified atom stereocenters. The number of nitrogens with zero attached hydrogens (tertiary/aromatic N) is 2. The Bertz CT molecular complexity index is 790. The summed E-state index contributed by atoms with van der Waals surface area (Å²) in [4.78, 5) is 4.43. The molecule has 2 aliphatic heterocycles. The van der Waals surface area contributed by atoms with Crippen LogP contribution < -0.4 is 10.5 Å². The van der Waals surface area contributed by atoms with Gasteiger partial charge in [0.1, 0.15) is 30.6 Å². The lowest BCUT2D eigenvalue weighted by Gasteiger charge is -2.43. The number of aromatic nitrogens is 2. The molecule has 0 spiro atoms. The number of hydrogen-bond acceptors (Lipinski definition) is 7. The van der Waals surface area contributed by atoms with Crippen molar-refractivity contribution in [3.63, 3.8) is 0 Å². The van der Waals surface area contributed by atoms with Gasteiger partial charge < -0.3 is 24.5 Å². The molecule has 6 atom stereocenters. The van der Waals surface area contributed by atoms with E-state index in [9.17, 15) is 10.3 Å². The van der Waals surface area contributed by atoms with Gasteiger partial charge in [-0.25, -0.2) is 9.71 Å². The Morgan fingerprint density at radius 3 is 2.57 bits per heavy atom. The quantitative estimate of drug-likeness (QED) is 0.443. The molecule has 3 N–H and O–H groups in total. The lowest BCUT2D eigenvalue weighted by atomic mass is 10.1. The average Bonchev–Trinajstić information content (AvgIpc) is 3.11. The van der Waals surface area contributed by atoms with E-state index in [0.29, 0.717) is 10.4 Å². The van der Waals surface area contributed by atoms with Crippen molar-refractivity contribution in [2.45, 2.75) is 95.6 Å². The zero-order valence-electron chi connectivity index (χ0n) is 18.7. The molecule has 158 valence electrons. The van der Waals surface area contributed by atoms with Crippen molar-refractivity contribution >= 4 is 13.9 Å². The molecular formula is C19H33N3O5Si. The SMILES string of the molecule is [2H]CC1(C)O[C@@H]2[C@@H](C(O)[Si](C)(C)C(C)(C)C)OC(c3nc(C)c[n+]([O-])c3N)[C@@H]2O1. The third kappa shape index (κ3) is 3.43. The number of nitrogens with two attached hydrogens (primary N) is 1. The topological polar surface area (TPSA) is 114 Å². The second-order valence-corrected chi connectivity index (χ2v) is 15.3. The molecule has 0 aliphatic carbocycles. The van der Waals surface area contributed by atoms with Crippen LogP contribution in [0.3, 0.4) is 0 Å². The van der Waals surface area contributed by atoms with Gasteiger partial charge >= 0.3 is 0 Å². The minimum absolute atomic E-state index is 0.0649. The van der Waals surface area contributed by atoms with Crippen LogP contribution in [-0.4, -0.2) is 48.0 Å². The predicted octanol–water partition coefficient (Wildman–Crippen LogP) is 1.97. The minimum atomic E-state index is -2.23. The van der Waals surface area contributed by atoms with Crippen LogP contribution in [0.2, 0.25) is 18.1 Å². The molecule has 0 amide bonds. The van der Waals surface area contributed by atoms with Gasteiger partial charge in [0.15, 0.2) is 11.5 Å².